The second-order valence-corrected chi connectivity index (χ2v) is 5.97. The number of benzene rings is 2. The summed E-state index contributed by atoms with van der Waals surface area (Å²) >= 11 is 6.74. The van der Waals surface area contributed by atoms with Gasteiger partial charge in [0.25, 0.3) is 0 Å². The summed E-state index contributed by atoms with van der Waals surface area (Å²) < 4.78 is 7.23. The average Bonchev–Trinajstić information content (AvgIpc) is 2.39. The molecule has 0 fully saturated rings. The first-order valence-corrected chi connectivity index (χ1v) is 7.21. The number of hydrogen-bond donors (Lipinski definition) is 0. The van der Waals surface area contributed by atoms with E-state index in [2.05, 4.69) is 31.9 Å². The monoisotopic (exact) mass is 378 g/mol. The molecule has 19 heavy (non-hydrogen) atoms. The van der Waals surface area contributed by atoms with E-state index in [0.29, 0.717) is 11.1 Å². The number of rotatable bonds is 1. The van der Waals surface area contributed by atoms with Gasteiger partial charge in [-0.1, -0.05) is 50.1 Å². The summed E-state index contributed by atoms with van der Waals surface area (Å²) in [5.74, 6) is 0. The minimum atomic E-state index is -0.326. The Labute approximate surface area is 126 Å². The molecule has 2 aromatic carbocycles. The van der Waals surface area contributed by atoms with E-state index >= 15 is 0 Å². The molecule has 3 rings (SSSR count). The van der Waals surface area contributed by atoms with Crippen molar-refractivity contribution in [1.29, 1.82) is 0 Å². The van der Waals surface area contributed by atoms with Crippen LogP contribution in [0, 0.1) is 0 Å². The molecular weight excluding hydrogens is 372 g/mol. The Balaban J connectivity index is 2.24. The third-order valence-electron chi connectivity index (χ3n) is 2.85. The topological polar surface area (TPSA) is 30.2 Å². The standard InChI is InChI=1S/C15H8Br2O2/c16-11-4-1-9(2-5-11)13-7-10-3-6-12(17)8-14(10)19-15(13)18/h1-8H. The Hall–Kier alpha value is -1.39. The fourth-order valence-electron chi connectivity index (χ4n) is 1.92. The Morgan fingerprint density at radius 3 is 2.26 bits per heavy atom. The number of hydrogen-bond acceptors (Lipinski definition) is 2. The molecule has 0 aliphatic heterocycles. The van der Waals surface area contributed by atoms with E-state index in [9.17, 15) is 4.79 Å². The number of fused-ring (bicyclic) bond motifs is 1. The van der Waals surface area contributed by atoms with Crippen LogP contribution >= 0.6 is 31.9 Å². The van der Waals surface area contributed by atoms with E-state index in [-0.39, 0.29) is 5.63 Å². The molecule has 2 nitrogen and oxygen atoms in total. The van der Waals surface area contributed by atoms with Crippen molar-refractivity contribution < 1.29 is 4.42 Å². The predicted molar refractivity (Wildman–Crippen MR) is 83.3 cm³/mol. The van der Waals surface area contributed by atoms with Crippen molar-refractivity contribution in [2.24, 2.45) is 0 Å². The Kier molecular flexibility index (Phi) is 3.29. The van der Waals surface area contributed by atoms with Crippen molar-refractivity contribution in [3.63, 3.8) is 0 Å². The van der Waals surface area contributed by atoms with Gasteiger partial charge in [-0.15, -0.1) is 0 Å². The molecule has 0 saturated carbocycles. The van der Waals surface area contributed by atoms with Gasteiger partial charge < -0.3 is 4.42 Å². The van der Waals surface area contributed by atoms with Gasteiger partial charge in [0.05, 0.1) is 5.56 Å². The minimum Gasteiger partial charge on any atom is -0.422 e. The molecule has 3 aromatic rings. The lowest BCUT2D eigenvalue weighted by Crippen LogP contribution is -2.02. The van der Waals surface area contributed by atoms with Crippen LogP contribution in [-0.2, 0) is 0 Å². The van der Waals surface area contributed by atoms with E-state index < -0.39 is 0 Å². The lowest BCUT2D eigenvalue weighted by molar-refractivity contribution is 0.563. The van der Waals surface area contributed by atoms with E-state index in [1.165, 1.54) is 0 Å². The Morgan fingerprint density at radius 2 is 1.53 bits per heavy atom. The van der Waals surface area contributed by atoms with Crippen LogP contribution in [0.3, 0.4) is 0 Å². The summed E-state index contributed by atoms with van der Waals surface area (Å²) in [6.07, 6.45) is 0. The zero-order chi connectivity index (χ0) is 13.4. The maximum Gasteiger partial charge on any atom is 0.344 e. The first-order chi connectivity index (χ1) is 9.13. The highest BCUT2D eigenvalue weighted by molar-refractivity contribution is 9.10. The van der Waals surface area contributed by atoms with Crippen LogP contribution in [0.2, 0.25) is 0 Å². The summed E-state index contributed by atoms with van der Waals surface area (Å²) in [6, 6.07) is 15.1. The van der Waals surface area contributed by atoms with Crippen molar-refractivity contribution in [2.45, 2.75) is 0 Å². The van der Waals surface area contributed by atoms with E-state index in [1.807, 2.05) is 42.5 Å². The lowest BCUT2D eigenvalue weighted by Gasteiger charge is -2.03. The second-order valence-electron chi connectivity index (χ2n) is 4.14. The third-order valence-corrected chi connectivity index (χ3v) is 3.88. The highest BCUT2D eigenvalue weighted by atomic mass is 79.9. The smallest absolute Gasteiger partial charge is 0.344 e. The molecule has 0 N–H and O–H groups in total. The SMILES string of the molecule is O=c1oc2cc(Br)ccc2cc1-c1ccc(Br)cc1. The normalized spacial score (nSPS) is 10.8. The molecule has 0 amide bonds. The molecule has 0 bridgehead atoms. The summed E-state index contributed by atoms with van der Waals surface area (Å²) in [7, 11) is 0. The Morgan fingerprint density at radius 1 is 0.842 bits per heavy atom. The maximum atomic E-state index is 12.0. The van der Waals surface area contributed by atoms with E-state index in [4.69, 9.17) is 4.42 Å². The number of halogens is 2. The van der Waals surface area contributed by atoms with Gasteiger partial charge >= 0.3 is 5.63 Å². The molecule has 1 heterocycles. The lowest BCUT2D eigenvalue weighted by atomic mass is 10.1. The molecule has 1 aromatic heterocycles. The quantitative estimate of drug-likeness (QED) is 0.558. The predicted octanol–water partition coefficient (Wildman–Crippen LogP) is 4.99. The summed E-state index contributed by atoms with van der Waals surface area (Å²) in [5.41, 5.74) is 1.68. The summed E-state index contributed by atoms with van der Waals surface area (Å²) in [6.45, 7) is 0. The van der Waals surface area contributed by atoms with Crippen LogP contribution < -0.4 is 5.63 Å². The molecule has 4 heteroatoms. The van der Waals surface area contributed by atoms with Gasteiger partial charge in [-0.3, -0.25) is 0 Å². The molecule has 0 aliphatic carbocycles. The van der Waals surface area contributed by atoms with E-state index in [0.717, 1.165) is 19.9 Å². The molecule has 0 saturated heterocycles. The molecule has 0 atom stereocenters. The first kappa shape index (κ1) is 12.6. The second kappa shape index (κ2) is 4.94. The van der Waals surface area contributed by atoms with Crippen molar-refractivity contribution >= 4 is 42.8 Å². The van der Waals surface area contributed by atoms with Crippen molar-refractivity contribution in [1.82, 2.24) is 0 Å². The summed E-state index contributed by atoms with van der Waals surface area (Å²) in [5, 5.41) is 0.903. The van der Waals surface area contributed by atoms with Crippen molar-refractivity contribution in [2.75, 3.05) is 0 Å². The van der Waals surface area contributed by atoms with Gasteiger partial charge in [-0.2, -0.15) is 0 Å². The van der Waals surface area contributed by atoms with Crippen LogP contribution in [0.25, 0.3) is 22.1 Å². The van der Waals surface area contributed by atoms with Gasteiger partial charge in [0.15, 0.2) is 0 Å². The van der Waals surface area contributed by atoms with Gasteiger partial charge in [0.1, 0.15) is 5.58 Å². The molecule has 0 spiro atoms. The largest absolute Gasteiger partial charge is 0.422 e. The highest BCUT2D eigenvalue weighted by Crippen LogP contribution is 2.24. The van der Waals surface area contributed by atoms with Crippen molar-refractivity contribution in [3.05, 3.63) is 67.9 Å². The maximum absolute atomic E-state index is 12.0. The van der Waals surface area contributed by atoms with Gasteiger partial charge in [-0.05, 0) is 35.9 Å². The van der Waals surface area contributed by atoms with Crippen LogP contribution in [-0.4, -0.2) is 0 Å². The van der Waals surface area contributed by atoms with Gasteiger partial charge in [0.2, 0.25) is 0 Å². The summed E-state index contributed by atoms with van der Waals surface area (Å²) in [4.78, 5) is 12.0. The molecule has 94 valence electrons. The zero-order valence-electron chi connectivity index (χ0n) is 9.69. The molecule has 0 radical (unpaired) electrons. The van der Waals surface area contributed by atoms with Crippen LogP contribution in [0.15, 0.2) is 66.7 Å². The fourth-order valence-corrected chi connectivity index (χ4v) is 2.52. The van der Waals surface area contributed by atoms with Crippen LogP contribution in [0.5, 0.6) is 0 Å². The van der Waals surface area contributed by atoms with E-state index in [1.54, 1.807) is 6.07 Å². The van der Waals surface area contributed by atoms with Crippen LogP contribution in [0.4, 0.5) is 0 Å². The Bertz CT molecular complexity index is 804. The highest BCUT2D eigenvalue weighted by Gasteiger charge is 2.07. The first-order valence-electron chi connectivity index (χ1n) is 5.63. The average molecular weight is 380 g/mol. The zero-order valence-corrected chi connectivity index (χ0v) is 12.9. The van der Waals surface area contributed by atoms with Gasteiger partial charge in [0, 0.05) is 14.3 Å². The van der Waals surface area contributed by atoms with Crippen molar-refractivity contribution in [3.8, 4) is 11.1 Å². The molecule has 0 aliphatic rings. The fraction of sp³-hybridized carbons (Fsp3) is 0. The molecular formula is C15H8Br2O2. The third kappa shape index (κ3) is 2.51. The molecule has 0 unspecified atom stereocenters. The van der Waals surface area contributed by atoms with Crippen LogP contribution in [0.1, 0.15) is 0 Å². The van der Waals surface area contributed by atoms with Gasteiger partial charge in [-0.25, -0.2) is 4.79 Å². The minimum absolute atomic E-state index is 0.326.